The topological polar surface area (TPSA) is 131 Å². The molecule has 56 heavy (non-hydrogen) atoms. The highest BCUT2D eigenvalue weighted by Crippen LogP contribution is 2.42. The Morgan fingerprint density at radius 3 is 1.55 bits per heavy atom. The van der Waals surface area contributed by atoms with E-state index in [0.717, 1.165) is 96.3 Å². The highest BCUT2D eigenvalue weighted by Gasteiger charge is 2.23. The number of unbranched alkanes of at least 4 members (excludes halogenated alkanes) is 15. The van der Waals surface area contributed by atoms with E-state index < -0.39 is 26.5 Å². The largest absolute Gasteiger partial charge is 0.472 e. The van der Waals surface area contributed by atoms with Crippen molar-refractivity contribution < 1.29 is 37.9 Å². The number of phosphoric acid groups is 1. The zero-order chi connectivity index (χ0) is 41.1. The normalized spacial score (nSPS) is 14.0. The Morgan fingerprint density at radius 1 is 0.571 bits per heavy atom. The molecule has 0 heterocycles. The van der Waals surface area contributed by atoms with Crippen molar-refractivity contribution in [2.45, 2.75) is 180 Å². The maximum atomic E-state index is 12.1. The van der Waals surface area contributed by atoms with E-state index in [-0.39, 0.29) is 32.1 Å². The summed E-state index contributed by atoms with van der Waals surface area (Å²) in [6, 6.07) is 0. The second kappa shape index (κ2) is 42.1. The van der Waals surface area contributed by atoms with E-state index in [9.17, 15) is 24.2 Å². The summed E-state index contributed by atoms with van der Waals surface area (Å²) in [5.41, 5.74) is 0. The van der Waals surface area contributed by atoms with Crippen LogP contribution in [0.1, 0.15) is 174 Å². The molecule has 322 valence electrons. The Bertz CT molecular complexity index is 1150. The van der Waals surface area contributed by atoms with E-state index in [1.807, 2.05) is 0 Å². The number of hydrogen-bond acceptors (Lipinski definition) is 7. The lowest BCUT2D eigenvalue weighted by molar-refractivity contribution is -0.147. The first-order valence-electron chi connectivity index (χ1n) is 21.9. The molecule has 0 aliphatic rings. The van der Waals surface area contributed by atoms with E-state index in [1.165, 1.54) is 44.9 Å². The van der Waals surface area contributed by atoms with Gasteiger partial charge in [0.2, 0.25) is 5.91 Å². The van der Waals surface area contributed by atoms with Gasteiger partial charge in [0.25, 0.3) is 0 Å². The predicted molar refractivity (Wildman–Crippen MR) is 233 cm³/mol. The molecule has 3 N–H and O–H groups in total. The number of ether oxygens (including phenoxy) is 1. The van der Waals surface area contributed by atoms with Crippen molar-refractivity contribution >= 4 is 19.7 Å². The van der Waals surface area contributed by atoms with E-state index >= 15 is 0 Å². The van der Waals surface area contributed by atoms with Crippen LogP contribution in [0.15, 0.2) is 72.9 Å². The van der Waals surface area contributed by atoms with E-state index in [4.69, 9.17) is 13.8 Å². The summed E-state index contributed by atoms with van der Waals surface area (Å²) in [5, 5.41) is 12.7. The fourth-order valence-corrected chi connectivity index (χ4v) is 6.33. The van der Waals surface area contributed by atoms with E-state index in [1.54, 1.807) is 0 Å². The van der Waals surface area contributed by atoms with Crippen molar-refractivity contribution in [2.75, 3.05) is 26.4 Å². The Hall–Kier alpha value is -2.55. The molecule has 10 heteroatoms. The Balaban J connectivity index is 3.67. The zero-order valence-corrected chi connectivity index (χ0v) is 36.2. The molecule has 2 unspecified atom stereocenters. The van der Waals surface area contributed by atoms with Crippen molar-refractivity contribution in [3.8, 4) is 0 Å². The van der Waals surface area contributed by atoms with Gasteiger partial charge in [-0.25, -0.2) is 4.57 Å². The molecule has 0 aromatic rings. The number of aliphatic hydroxyl groups excluding tert-OH is 1. The van der Waals surface area contributed by atoms with Crippen LogP contribution in [0.3, 0.4) is 0 Å². The highest BCUT2D eigenvalue weighted by molar-refractivity contribution is 7.47. The van der Waals surface area contributed by atoms with Crippen LogP contribution >= 0.6 is 7.82 Å². The third-order valence-electron chi connectivity index (χ3n) is 8.87. The first kappa shape index (κ1) is 53.5. The third kappa shape index (κ3) is 42.6. The molecule has 0 bridgehead atoms. The van der Waals surface area contributed by atoms with Gasteiger partial charge >= 0.3 is 13.8 Å². The van der Waals surface area contributed by atoms with Gasteiger partial charge < -0.3 is 20.1 Å². The van der Waals surface area contributed by atoms with Gasteiger partial charge in [0, 0.05) is 19.4 Å². The monoisotopic (exact) mass is 806 g/mol. The van der Waals surface area contributed by atoms with Gasteiger partial charge in [0.05, 0.1) is 13.2 Å². The molecule has 0 aromatic heterocycles. The summed E-state index contributed by atoms with van der Waals surface area (Å²) in [6.45, 7) is 3.38. The molecule has 0 spiro atoms. The number of allylic oxidation sites excluding steroid dienone is 12. The van der Waals surface area contributed by atoms with Crippen molar-refractivity contribution in [3.05, 3.63) is 72.9 Å². The number of rotatable bonds is 40. The van der Waals surface area contributed by atoms with Gasteiger partial charge in [-0.05, 0) is 83.5 Å². The van der Waals surface area contributed by atoms with Gasteiger partial charge in [0.15, 0.2) is 0 Å². The lowest BCUT2D eigenvalue weighted by atomic mass is 10.1. The smallest absolute Gasteiger partial charge is 0.463 e. The highest BCUT2D eigenvalue weighted by atomic mass is 31.2. The fraction of sp³-hybridized carbons (Fsp3) is 0.696. The number of carbonyl (C=O) groups is 2. The number of phosphoric ester groups is 1. The maximum absolute atomic E-state index is 12.1. The zero-order valence-electron chi connectivity index (χ0n) is 35.3. The van der Waals surface area contributed by atoms with Crippen molar-refractivity contribution in [1.82, 2.24) is 5.32 Å². The van der Waals surface area contributed by atoms with Gasteiger partial charge in [-0.1, -0.05) is 151 Å². The van der Waals surface area contributed by atoms with E-state index in [2.05, 4.69) is 92.1 Å². The van der Waals surface area contributed by atoms with Crippen LogP contribution in [0.5, 0.6) is 0 Å². The minimum absolute atomic E-state index is 0.0716. The lowest BCUT2D eigenvalue weighted by Gasteiger charge is -2.15. The predicted octanol–water partition coefficient (Wildman–Crippen LogP) is 12.3. The van der Waals surface area contributed by atoms with Crippen molar-refractivity contribution in [2.24, 2.45) is 0 Å². The third-order valence-corrected chi connectivity index (χ3v) is 9.85. The molecule has 0 aromatic carbocycles. The van der Waals surface area contributed by atoms with Crippen LogP contribution in [0, 0.1) is 0 Å². The van der Waals surface area contributed by atoms with Gasteiger partial charge in [-0.3, -0.25) is 18.6 Å². The Morgan fingerprint density at radius 2 is 1.02 bits per heavy atom. The number of hydrogen-bond donors (Lipinski definition) is 3. The molecule has 0 radical (unpaired) electrons. The minimum atomic E-state index is -4.43. The molecule has 0 rings (SSSR count). The summed E-state index contributed by atoms with van der Waals surface area (Å²) in [4.78, 5) is 33.9. The summed E-state index contributed by atoms with van der Waals surface area (Å²) in [7, 11) is -4.43. The molecule has 0 aliphatic carbocycles. The number of carbonyl (C=O) groups excluding carboxylic acids is 2. The standard InChI is InChI=1S/C46H80NO8P/c1-3-5-7-9-11-13-15-17-19-20-21-22-23-24-25-27-29-31-33-35-37-39-46(50)53-42-44(48)43-55-56(51,52)54-41-40-47-45(49)38-36-34-32-30-28-26-18-16-14-12-10-8-6-4-2/h5,7,11,13,16-19,21-22,24-25,44,48H,3-4,6,8-10,12,14-15,20,23,26-43H2,1-2H3,(H,47,49)(H,51,52)/b7-5-,13-11-,18-16-,19-17-,22-21-,25-24-. The molecule has 2 atom stereocenters. The molecular formula is C46H80NO8P. The van der Waals surface area contributed by atoms with Crippen molar-refractivity contribution in [3.63, 3.8) is 0 Å². The van der Waals surface area contributed by atoms with Crippen LogP contribution in [0.2, 0.25) is 0 Å². The fourth-order valence-electron chi connectivity index (χ4n) is 5.58. The van der Waals surface area contributed by atoms with Crippen LogP contribution in [-0.4, -0.2) is 54.3 Å². The minimum Gasteiger partial charge on any atom is -0.463 e. The Labute approximate surface area is 341 Å². The first-order valence-corrected chi connectivity index (χ1v) is 23.4. The van der Waals surface area contributed by atoms with Gasteiger partial charge in [0.1, 0.15) is 12.7 Å². The lowest BCUT2D eigenvalue weighted by Crippen LogP contribution is -2.27. The SMILES string of the molecule is CC/C=C\C/C=C\C/C=C\C/C=C\C/C=C\CCCCCCCC(=O)OCC(O)COP(=O)(O)OCCNC(=O)CCCCCCC/C=C\CCCCCCC. The maximum Gasteiger partial charge on any atom is 0.472 e. The molecule has 0 aliphatic heterocycles. The number of aliphatic hydroxyl groups is 1. The summed E-state index contributed by atoms with van der Waals surface area (Å²) in [5.74, 6) is -0.549. The quantitative estimate of drug-likeness (QED) is 0.0241. The molecular weight excluding hydrogens is 725 g/mol. The van der Waals surface area contributed by atoms with Crippen LogP contribution in [0.25, 0.3) is 0 Å². The average molecular weight is 806 g/mol. The van der Waals surface area contributed by atoms with Crippen molar-refractivity contribution in [1.29, 1.82) is 0 Å². The molecule has 0 fully saturated rings. The van der Waals surface area contributed by atoms with Crippen LogP contribution in [0.4, 0.5) is 0 Å². The molecule has 0 saturated carbocycles. The summed E-state index contributed by atoms with van der Waals surface area (Å²) < 4.78 is 26.9. The summed E-state index contributed by atoms with van der Waals surface area (Å²) >= 11 is 0. The average Bonchev–Trinajstić information content (AvgIpc) is 3.18. The van der Waals surface area contributed by atoms with Crippen LogP contribution < -0.4 is 5.32 Å². The van der Waals surface area contributed by atoms with Gasteiger partial charge in [-0.15, -0.1) is 0 Å². The molecule has 1 amide bonds. The Kier molecular flexibility index (Phi) is 40.2. The number of nitrogens with one attached hydrogen (secondary N) is 1. The van der Waals surface area contributed by atoms with Gasteiger partial charge in [-0.2, -0.15) is 0 Å². The molecule has 0 saturated heterocycles. The number of esters is 1. The number of amides is 1. The van der Waals surface area contributed by atoms with Crippen LogP contribution in [-0.2, 0) is 27.9 Å². The van der Waals surface area contributed by atoms with E-state index in [0.29, 0.717) is 12.8 Å². The second-order valence-electron chi connectivity index (χ2n) is 14.3. The second-order valence-corrected chi connectivity index (χ2v) is 15.7. The summed E-state index contributed by atoms with van der Waals surface area (Å²) in [6.07, 6.45) is 51.1. The first-order chi connectivity index (χ1) is 27.3. The molecule has 9 nitrogen and oxygen atoms in total.